The van der Waals surface area contributed by atoms with Gasteiger partial charge in [-0.05, 0) is 24.2 Å². The van der Waals surface area contributed by atoms with Crippen LogP contribution < -0.4 is 0 Å². The molecule has 0 heterocycles. The zero-order valence-electron chi connectivity index (χ0n) is 7.46. The van der Waals surface area contributed by atoms with Crippen LogP contribution in [0.4, 0.5) is 0 Å². The summed E-state index contributed by atoms with van der Waals surface area (Å²) in [5, 5.41) is 8.40. The Kier molecular flexibility index (Phi) is 2.22. The number of aliphatic carboxylic acids is 1. The molecule has 68 valence electrons. The van der Waals surface area contributed by atoms with E-state index >= 15 is 0 Å². The van der Waals surface area contributed by atoms with Crippen molar-refractivity contribution in [2.75, 3.05) is 0 Å². The lowest BCUT2D eigenvalue weighted by Gasteiger charge is -2.21. The highest BCUT2D eigenvalue weighted by Gasteiger charge is 2.39. The van der Waals surface area contributed by atoms with Crippen molar-refractivity contribution in [3.05, 3.63) is 0 Å². The van der Waals surface area contributed by atoms with Gasteiger partial charge in [-0.15, -0.1) is 0 Å². The van der Waals surface area contributed by atoms with E-state index in [2.05, 4.69) is 0 Å². The van der Waals surface area contributed by atoms with E-state index in [1.165, 1.54) is 0 Å². The second-order valence-electron chi connectivity index (χ2n) is 4.17. The SMILES string of the molecule is CC(C)(CC(=O)C(=O)O)C1CC1. The van der Waals surface area contributed by atoms with Crippen molar-refractivity contribution in [1.82, 2.24) is 0 Å². The maximum atomic E-state index is 10.9. The Morgan fingerprint density at radius 3 is 2.25 bits per heavy atom. The molecule has 1 aliphatic rings. The molecule has 1 N–H and O–H groups in total. The first-order chi connectivity index (χ1) is 5.43. The summed E-state index contributed by atoms with van der Waals surface area (Å²) < 4.78 is 0. The summed E-state index contributed by atoms with van der Waals surface area (Å²) in [5.41, 5.74) is -0.116. The molecule has 1 aliphatic carbocycles. The highest BCUT2D eigenvalue weighted by atomic mass is 16.4. The van der Waals surface area contributed by atoms with Gasteiger partial charge in [-0.3, -0.25) is 4.79 Å². The first-order valence-corrected chi connectivity index (χ1v) is 4.19. The number of carboxylic acid groups (broad SMARTS) is 1. The van der Waals surface area contributed by atoms with Crippen molar-refractivity contribution in [3.8, 4) is 0 Å². The molecule has 0 saturated heterocycles. The monoisotopic (exact) mass is 170 g/mol. The number of carbonyl (C=O) groups excluding carboxylic acids is 1. The standard InChI is InChI=1S/C9H14O3/c1-9(2,6-3-4-6)5-7(10)8(11)12/h6H,3-5H2,1-2H3,(H,11,12). The van der Waals surface area contributed by atoms with Gasteiger partial charge in [-0.1, -0.05) is 13.8 Å². The number of carbonyl (C=O) groups is 2. The first-order valence-electron chi connectivity index (χ1n) is 4.19. The molecule has 0 amide bonds. The van der Waals surface area contributed by atoms with Crippen LogP contribution in [-0.4, -0.2) is 16.9 Å². The van der Waals surface area contributed by atoms with Crippen LogP contribution in [0.3, 0.4) is 0 Å². The molecule has 1 fully saturated rings. The van der Waals surface area contributed by atoms with E-state index in [1.807, 2.05) is 13.8 Å². The normalized spacial score (nSPS) is 17.5. The Labute approximate surface area is 71.8 Å². The molecule has 3 nitrogen and oxygen atoms in total. The van der Waals surface area contributed by atoms with Crippen LogP contribution in [0.2, 0.25) is 0 Å². The molecule has 0 aromatic carbocycles. The topological polar surface area (TPSA) is 54.4 Å². The predicted octanol–water partition coefficient (Wildman–Crippen LogP) is 1.47. The van der Waals surface area contributed by atoms with Crippen LogP contribution in [-0.2, 0) is 9.59 Å². The van der Waals surface area contributed by atoms with Crippen molar-refractivity contribution in [1.29, 1.82) is 0 Å². The fraction of sp³-hybridized carbons (Fsp3) is 0.778. The minimum Gasteiger partial charge on any atom is -0.476 e. The van der Waals surface area contributed by atoms with E-state index in [9.17, 15) is 9.59 Å². The summed E-state index contributed by atoms with van der Waals surface area (Å²) in [4.78, 5) is 21.2. The lowest BCUT2D eigenvalue weighted by Crippen LogP contribution is -2.24. The van der Waals surface area contributed by atoms with E-state index in [1.54, 1.807) is 0 Å². The third kappa shape index (κ3) is 2.06. The molecule has 0 spiro atoms. The fourth-order valence-electron chi connectivity index (χ4n) is 1.50. The van der Waals surface area contributed by atoms with Gasteiger partial charge in [0.25, 0.3) is 0 Å². The molecule has 12 heavy (non-hydrogen) atoms. The summed E-state index contributed by atoms with van der Waals surface area (Å²) in [6.45, 7) is 3.93. The van der Waals surface area contributed by atoms with Crippen LogP contribution in [0.1, 0.15) is 33.1 Å². The van der Waals surface area contributed by atoms with E-state index in [-0.39, 0.29) is 11.8 Å². The fourth-order valence-corrected chi connectivity index (χ4v) is 1.50. The summed E-state index contributed by atoms with van der Waals surface area (Å²) in [7, 11) is 0. The van der Waals surface area contributed by atoms with Gasteiger partial charge in [0.2, 0.25) is 5.78 Å². The second kappa shape index (κ2) is 2.88. The Bertz CT molecular complexity index is 214. The van der Waals surface area contributed by atoms with Gasteiger partial charge in [0.15, 0.2) is 0 Å². The molecule has 0 unspecified atom stereocenters. The van der Waals surface area contributed by atoms with Crippen LogP contribution in [0.15, 0.2) is 0 Å². The first kappa shape index (κ1) is 9.23. The average Bonchev–Trinajstić information content (AvgIpc) is 2.65. The minimum absolute atomic E-state index is 0.116. The molecule has 0 aromatic heterocycles. The van der Waals surface area contributed by atoms with Crippen molar-refractivity contribution in [2.45, 2.75) is 33.1 Å². The molecule has 0 radical (unpaired) electrons. The van der Waals surface area contributed by atoms with Crippen LogP contribution in [0.25, 0.3) is 0 Å². The van der Waals surface area contributed by atoms with Crippen LogP contribution in [0.5, 0.6) is 0 Å². The maximum Gasteiger partial charge on any atom is 0.372 e. The second-order valence-corrected chi connectivity index (χ2v) is 4.17. The highest BCUT2D eigenvalue weighted by molar-refractivity contribution is 6.32. The van der Waals surface area contributed by atoms with E-state index in [4.69, 9.17) is 5.11 Å². The minimum atomic E-state index is -1.30. The quantitative estimate of drug-likeness (QED) is 0.650. The van der Waals surface area contributed by atoms with Crippen molar-refractivity contribution in [2.24, 2.45) is 11.3 Å². The van der Waals surface area contributed by atoms with Gasteiger partial charge in [0.1, 0.15) is 0 Å². The maximum absolute atomic E-state index is 10.9. The molecule has 1 saturated carbocycles. The van der Waals surface area contributed by atoms with Gasteiger partial charge in [-0.2, -0.15) is 0 Å². The van der Waals surface area contributed by atoms with Gasteiger partial charge in [0, 0.05) is 6.42 Å². The van der Waals surface area contributed by atoms with Crippen LogP contribution in [0, 0.1) is 11.3 Å². The lowest BCUT2D eigenvalue weighted by atomic mass is 9.82. The highest BCUT2D eigenvalue weighted by Crippen LogP contribution is 2.47. The van der Waals surface area contributed by atoms with Crippen molar-refractivity contribution >= 4 is 11.8 Å². The number of ketones is 1. The molecule has 0 aliphatic heterocycles. The smallest absolute Gasteiger partial charge is 0.372 e. The lowest BCUT2D eigenvalue weighted by molar-refractivity contribution is -0.150. The Hall–Kier alpha value is -0.860. The van der Waals surface area contributed by atoms with Gasteiger partial charge in [-0.25, -0.2) is 4.79 Å². The van der Waals surface area contributed by atoms with E-state index < -0.39 is 11.8 Å². The average molecular weight is 170 g/mol. The molecular weight excluding hydrogens is 156 g/mol. The number of hydrogen-bond acceptors (Lipinski definition) is 2. The molecular formula is C9H14O3. The van der Waals surface area contributed by atoms with E-state index in [0.29, 0.717) is 5.92 Å². The third-order valence-corrected chi connectivity index (χ3v) is 2.54. The van der Waals surface area contributed by atoms with E-state index in [0.717, 1.165) is 12.8 Å². The largest absolute Gasteiger partial charge is 0.476 e. The van der Waals surface area contributed by atoms with Crippen molar-refractivity contribution in [3.63, 3.8) is 0 Å². The molecule has 0 aromatic rings. The Morgan fingerprint density at radius 2 is 1.92 bits per heavy atom. The Balaban J connectivity index is 2.48. The van der Waals surface area contributed by atoms with Gasteiger partial charge in [0.05, 0.1) is 0 Å². The summed E-state index contributed by atoms with van der Waals surface area (Å²) >= 11 is 0. The van der Waals surface area contributed by atoms with Crippen molar-refractivity contribution < 1.29 is 14.7 Å². The van der Waals surface area contributed by atoms with Gasteiger partial charge >= 0.3 is 5.97 Å². The molecule has 3 heteroatoms. The Morgan fingerprint density at radius 1 is 1.42 bits per heavy atom. The summed E-state index contributed by atoms with van der Waals surface area (Å²) in [5.74, 6) is -1.41. The number of Topliss-reactive ketones (excluding diaryl/α,β-unsaturated/α-hetero) is 1. The zero-order valence-corrected chi connectivity index (χ0v) is 7.46. The zero-order chi connectivity index (χ0) is 9.35. The molecule has 0 bridgehead atoms. The summed E-state index contributed by atoms with van der Waals surface area (Å²) in [6, 6.07) is 0. The number of rotatable bonds is 4. The van der Waals surface area contributed by atoms with Crippen LogP contribution >= 0.6 is 0 Å². The number of carboxylic acids is 1. The number of hydrogen-bond donors (Lipinski definition) is 1. The summed E-state index contributed by atoms with van der Waals surface area (Å²) in [6.07, 6.45) is 2.45. The van der Waals surface area contributed by atoms with Gasteiger partial charge < -0.3 is 5.11 Å². The third-order valence-electron chi connectivity index (χ3n) is 2.54. The molecule has 1 rings (SSSR count). The molecule has 0 atom stereocenters. The predicted molar refractivity (Wildman–Crippen MR) is 43.8 cm³/mol.